The van der Waals surface area contributed by atoms with Gasteiger partial charge in [-0.3, -0.25) is 9.69 Å². The zero-order chi connectivity index (χ0) is 23.9. The smallest absolute Gasteiger partial charge is 0.337 e. The molecule has 0 saturated carbocycles. The summed E-state index contributed by atoms with van der Waals surface area (Å²) in [5, 5.41) is 2.86. The first kappa shape index (κ1) is 22.4. The molecule has 0 spiro atoms. The maximum atomic E-state index is 12.8. The molecule has 3 aliphatic heterocycles. The molecule has 1 fully saturated rings. The van der Waals surface area contributed by atoms with Gasteiger partial charge in [-0.25, -0.2) is 4.79 Å². The molecule has 34 heavy (non-hydrogen) atoms. The molecule has 3 aliphatic rings. The summed E-state index contributed by atoms with van der Waals surface area (Å²) in [4.78, 5) is 27.3. The fourth-order valence-electron chi connectivity index (χ4n) is 4.68. The Balaban J connectivity index is 1.47. The minimum absolute atomic E-state index is 0.249. The van der Waals surface area contributed by atoms with Gasteiger partial charge in [-0.15, -0.1) is 0 Å². The van der Waals surface area contributed by atoms with Crippen LogP contribution in [0.25, 0.3) is 11.1 Å². The molecule has 0 radical (unpaired) electrons. The summed E-state index contributed by atoms with van der Waals surface area (Å²) >= 11 is 0. The van der Waals surface area contributed by atoms with E-state index in [4.69, 9.17) is 14.2 Å². The van der Waals surface area contributed by atoms with Gasteiger partial charge < -0.3 is 19.5 Å². The molecule has 5 rings (SSSR count). The van der Waals surface area contributed by atoms with E-state index in [0.717, 1.165) is 44.0 Å². The number of carbonyl (C=O) groups is 2. The van der Waals surface area contributed by atoms with Gasteiger partial charge in [0.15, 0.2) is 0 Å². The number of amides is 1. The van der Waals surface area contributed by atoms with E-state index in [-0.39, 0.29) is 5.91 Å². The first-order chi connectivity index (χ1) is 16.4. The first-order valence-corrected chi connectivity index (χ1v) is 11.4. The molecule has 176 valence electrons. The number of methoxy groups -OCH3 is 1. The highest BCUT2D eigenvalue weighted by Gasteiger charge is 2.38. The van der Waals surface area contributed by atoms with E-state index in [1.54, 1.807) is 18.2 Å². The topological polar surface area (TPSA) is 77.1 Å². The lowest BCUT2D eigenvalue weighted by atomic mass is 9.91. The fourth-order valence-corrected chi connectivity index (χ4v) is 4.68. The average Bonchev–Trinajstić information content (AvgIpc) is 3.33. The summed E-state index contributed by atoms with van der Waals surface area (Å²) in [6, 6.07) is 13.5. The molecule has 3 heterocycles. The van der Waals surface area contributed by atoms with E-state index in [1.165, 1.54) is 12.7 Å². The van der Waals surface area contributed by atoms with Crippen molar-refractivity contribution in [2.75, 3.05) is 38.7 Å². The van der Waals surface area contributed by atoms with Crippen molar-refractivity contribution in [2.24, 2.45) is 0 Å². The molecule has 2 aromatic rings. The van der Waals surface area contributed by atoms with Gasteiger partial charge in [0.1, 0.15) is 11.4 Å². The number of ether oxygens (including phenoxy) is 3. The quantitative estimate of drug-likeness (QED) is 0.552. The summed E-state index contributed by atoms with van der Waals surface area (Å²) in [6.07, 6.45) is 1.94. The molecule has 0 bridgehead atoms. The van der Waals surface area contributed by atoms with Crippen LogP contribution in [-0.2, 0) is 25.5 Å². The largest absolute Gasteiger partial charge is 0.482 e. The van der Waals surface area contributed by atoms with E-state index < -0.39 is 11.6 Å². The van der Waals surface area contributed by atoms with Gasteiger partial charge in [-0.2, -0.15) is 0 Å². The van der Waals surface area contributed by atoms with Crippen LogP contribution in [0.4, 0.5) is 5.69 Å². The third-order valence-corrected chi connectivity index (χ3v) is 6.50. The molecule has 0 aliphatic carbocycles. The summed E-state index contributed by atoms with van der Waals surface area (Å²) in [7, 11) is 1.34. The first-order valence-electron chi connectivity index (χ1n) is 11.4. The van der Waals surface area contributed by atoms with Crippen molar-refractivity contribution >= 4 is 28.7 Å². The lowest BCUT2D eigenvalue weighted by molar-refractivity contribution is -0.111. The number of hydrogen-bond donors (Lipinski definition) is 1. The Bertz CT molecular complexity index is 1200. The molecular formula is C27H28N2O5. The van der Waals surface area contributed by atoms with E-state index in [9.17, 15) is 9.59 Å². The molecule has 1 N–H and O–H groups in total. The summed E-state index contributed by atoms with van der Waals surface area (Å²) in [5.74, 6) is -0.204. The zero-order valence-electron chi connectivity index (χ0n) is 19.6. The minimum Gasteiger partial charge on any atom is -0.482 e. The molecule has 1 saturated heterocycles. The molecule has 7 heteroatoms. The average molecular weight is 461 g/mol. The Morgan fingerprint density at radius 1 is 1.12 bits per heavy atom. The van der Waals surface area contributed by atoms with E-state index in [0.29, 0.717) is 28.1 Å². The van der Waals surface area contributed by atoms with Crippen molar-refractivity contribution in [3.05, 3.63) is 76.6 Å². The van der Waals surface area contributed by atoms with Crippen LogP contribution in [0.5, 0.6) is 0 Å². The van der Waals surface area contributed by atoms with Gasteiger partial charge in [0.05, 0.1) is 31.5 Å². The third-order valence-electron chi connectivity index (χ3n) is 6.50. The molecule has 1 amide bonds. The number of carbonyl (C=O) groups excluding carboxylic acids is 2. The van der Waals surface area contributed by atoms with Crippen LogP contribution in [0.2, 0.25) is 0 Å². The van der Waals surface area contributed by atoms with Crippen LogP contribution in [0.15, 0.2) is 54.3 Å². The lowest BCUT2D eigenvalue weighted by Crippen LogP contribution is -2.35. The van der Waals surface area contributed by atoms with Gasteiger partial charge in [-0.1, -0.05) is 24.3 Å². The van der Waals surface area contributed by atoms with E-state index in [1.807, 2.05) is 19.9 Å². The maximum Gasteiger partial charge on any atom is 0.337 e. The van der Waals surface area contributed by atoms with Crippen molar-refractivity contribution in [3.8, 4) is 0 Å². The highest BCUT2D eigenvalue weighted by Crippen LogP contribution is 2.44. The van der Waals surface area contributed by atoms with E-state index >= 15 is 0 Å². The summed E-state index contributed by atoms with van der Waals surface area (Å²) in [6.45, 7) is 8.35. The second kappa shape index (κ2) is 8.74. The fraction of sp³-hybridized carbons (Fsp3) is 0.333. The number of nitrogens with zero attached hydrogens (tertiary/aromatic N) is 1. The van der Waals surface area contributed by atoms with Crippen molar-refractivity contribution in [3.63, 3.8) is 0 Å². The van der Waals surface area contributed by atoms with Gasteiger partial charge >= 0.3 is 5.97 Å². The Labute approximate surface area is 199 Å². The summed E-state index contributed by atoms with van der Waals surface area (Å²) in [5.41, 5.74) is 4.78. The number of allylic oxidation sites excluding steroid dienone is 1. The third kappa shape index (κ3) is 4.13. The number of nitrogens with one attached hydrogen (secondary N) is 1. The number of esters is 1. The van der Waals surface area contributed by atoms with Gasteiger partial charge in [-0.05, 0) is 49.2 Å². The molecule has 0 atom stereocenters. The number of anilines is 1. The molecule has 0 aromatic heterocycles. The van der Waals surface area contributed by atoms with Crippen LogP contribution >= 0.6 is 0 Å². The van der Waals surface area contributed by atoms with Crippen LogP contribution in [-0.4, -0.2) is 55.8 Å². The number of morpholine rings is 1. The van der Waals surface area contributed by atoms with Crippen LogP contribution < -0.4 is 5.32 Å². The molecule has 2 aromatic carbocycles. The zero-order valence-corrected chi connectivity index (χ0v) is 19.6. The normalized spacial score (nSPS) is 21.5. The molecular weight excluding hydrogens is 432 g/mol. The van der Waals surface area contributed by atoms with Crippen molar-refractivity contribution in [2.45, 2.75) is 26.0 Å². The Morgan fingerprint density at radius 2 is 1.85 bits per heavy atom. The van der Waals surface area contributed by atoms with Gasteiger partial charge in [0.25, 0.3) is 5.91 Å². The predicted octanol–water partition coefficient (Wildman–Crippen LogP) is 3.86. The second-order valence-electron chi connectivity index (χ2n) is 9.20. The van der Waals surface area contributed by atoms with Crippen molar-refractivity contribution in [1.82, 2.24) is 4.90 Å². The highest BCUT2D eigenvalue weighted by molar-refractivity contribution is 6.32. The molecule has 0 unspecified atom stereocenters. The Hall–Kier alpha value is -3.42. The SMILES string of the molecule is COC(=O)c1ccc2c(c1)C(=C1C=C(c3ccc(CN4CCOCC4)cc3)C(C)(C)O1)C(=O)N2. The Kier molecular flexibility index (Phi) is 5.75. The number of fused-ring (bicyclic) bond motifs is 1. The molecule has 7 nitrogen and oxygen atoms in total. The summed E-state index contributed by atoms with van der Waals surface area (Å²) < 4.78 is 16.6. The van der Waals surface area contributed by atoms with Gasteiger partial charge in [0, 0.05) is 36.5 Å². The van der Waals surface area contributed by atoms with Crippen molar-refractivity contribution in [1.29, 1.82) is 0 Å². The standard InChI is InChI=1S/C27H28N2O5/c1-27(2)21(18-6-4-17(5-7-18)16-29-10-12-33-13-11-29)15-23(34-27)24-20-14-19(26(31)32-3)8-9-22(20)28-25(24)30/h4-9,14-15H,10-13,16H2,1-3H3,(H,28,30). The Morgan fingerprint density at radius 3 is 2.56 bits per heavy atom. The number of benzene rings is 2. The van der Waals surface area contributed by atoms with Crippen LogP contribution in [0.1, 0.15) is 40.9 Å². The van der Waals surface area contributed by atoms with Gasteiger partial charge in [0.2, 0.25) is 0 Å². The van der Waals surface area contributed by atoms with Crippen LogP contribution in [0, 0.1) is 0 Å². The number of rotatable bonds is 4. The lowest BCUT2D eigenvalue weighted by Gasteiger charge is -2.27. The number of hydrogen-bond acceptors (Lipinski definition) is 6. The highest BCUT2D eigenvalue weighted by atomic mass is 16.5. The maximum absolute atomic E-state index is 12.8. The minimum atomic E-state index is -0.614. The van der Waals surface area contributed by atoms with Crippen LogP contribution in [0.3, 0.4) is 0 Å². The monoisotopic (exact) mass is 460 g/mol. The van der Waals surface area contributed by atoms with E-state index in [2.05, 4.69) is 34.5 Å². The predicted molar refractivity (Wildman–Crippen MR) is 129 cm³/mol. The second-order valence-corrected chi connectivity index (χ2v) is 9.20. The van der Waals surface area contributed by atoms with Crippen molar-refractivity contribution < 1.29 is 23.8 Å².